The minimum atomic E-state index is -0.749. The van der Waals surface area contributed by atoms with Crippen molar-refractivity contribution in [3.05, 3.63) is 36.2 Å². The molecule has 1 unspecified atom stereocenters. The topological polar surface area (TPSA) is 154 Å². The fraction of sp³-hybridized carbons (Fsp3) is 0.381. The number of hydrogen-bond donors (Lipinski definition) is 3. The molecule has 0 saturated carbocycles. The van der Waals surface area contributed by atoms with Crippen molar-refractivity contribution >= 4 is 34.4 Å². The number of nitrogens with zero attached hydrogens (tertiary/aromatic N) is 5. The molecule has 11 nitrogen and oxygen atoms in total. The lowest BCUT2D eigenvalue weighted by atomic mass is 9.98. The van der Waals surface area contributed by atoms with Crippen molar-refractivity contribution in [3.63, 3.8) is 0 Å². The molecule has 0 radical (unpaired) electrons. The third-order valence-electron chi connectivity index (χ3n) is 5.71. The summed E-state index contributed by atoms with van der Waals surface area (Å²) in [6.45, 7) is 2.07. The van der Waals surface area contributed by atoms with Gasteiger partial charge in [0.15, 0.2) is 5.60 Å². The number of ether oxygens (including phenoxy) is 2. The molecular weight excluding hydrogens is 412 g/mol. The molecule has 2 aliphatic rings. The van der Waals surface area contributed by atoms with Crippen molar-refractivity contribution < 1.29 is 14.3 Å². The van der Waals surface area contributed by atoms with Crippen LogP contribution in [0.5, 0.6) is 5.88 Å². The zero-order valence-electron chi connectivity index (χ0n) is 17.5. The standard InChI is InChI=1S/C21H24N8O3/c22-17-14-9-21(32-19(14)28-20(23)27-17)10-29(7-8-31-11-21)16(30)5-6-24-18-13-3-1-2-4-15(13)25-12-26-18/h1-4,12H,5-11H2,(H,24,25,26)(H4,22,23,27,28). The minimum Gasteiger partial charge on any atom is -0.466 e. The summed E-state index contributed by atoms with van der Waals surface area (Å²) in [7, 11) is 0. The third kappa shape index (κ3) is 3.82. The number of rotatable bonds is 4. The fourth-order valence-corrected chi connectivity index (χ4v) is 4.19. The van der Waals surface area contributed by atoms with E-state index in [1.807, 2.05) is 24.3 Å². The lowest BCUT2D eigenvalue weighted by Gasteiger charge is -2.31. The summed E-state index contributed by atoms with van der Waals surface area (Å²) in [5.74, 6) is 1.43. The summed E-state index contributed by atoms with van der Waals surface area (Å²) in [6, 6.07) is 7.74. The highest BCUT2D eigenvalue weighted by Crippen LogP contribution is 2.38. The number of anilines is 3. The molecular formula is C21H24N8O3. The van der Waals surface area contributed by atoms with Crippen molar-refractivity contribution in [3.8, 4) is 5.88 Å². The highest BCUT2D eigenvalue weighted by Gasteiger charge is 2.45. The van der Waals surface area contributed by atoms with Gasteiger partial charge < -0.3 is 31.2 Å². The Balaban J connectivity index is 1.24. The first-order chi connectivity index (χ1) is 15.5. The van der Waals surface area contributed by atoms with Gasteiger partial charge in [0.25, 0.3) is 0 Å². The molecule has 0 bridgehead atoms. The number of fused-ring (bicyclic) bond motifs is 2. The maximum absolute atomic E-state index is 13.0. The number of nitrogen functional groups attached to an aromatic ring is 2. The van der Waals surface area contributed by atoms with Gasteiger partial charge in [-0.2, -0.15) is 9.97 Å². The first kappa shape index (κ1) is 20.2. The second kappa shape index (κ2) is 8.08. The normalized spacial score (nSPS) is 20.1. The zero-order valence-corrected chi connectivity index (χ0v) is 17.5. The monoisotopic (exact) mass is 436 g/mol. The molecule has 1 saturated heterocycles. The molecule has 166 valence electrons. The Morgan fingerprint density at radius 1 is 1.22 bits per heavy atom. The lowest BCUT2D eigenvalue weighted by Crippen LogP contribution is -2.50. The Hall–Kier alpha value is -3.73. The van der Waals surface area contributed by atoms with Gasteiger partial charge in [0.05, 0.1) is 30.8 Å². The molecule has 11 heteroatoms. The van der Waals surface area contributed by atoms with Gasteiger partial charge in [-0.3, -0.25) is 4.79 Å². The molecule has 5 rings (SSSR count). The highest BCUT2D eigenvalue weighted by atomic mass is 16.6. The second-order valence-corrected chi connectivity index (χ2v) is 8.00. The second-order valence-electron chi connectivity index (χ2n) is 8.00. The summed E-state index contributed by atoms with van der Waals surface area (Å²) in [5, 5.41) is 4.17. The number of carbonyl (C=O) groups is 1. The maximum Gasteiger partial charge on any atom is 0.225 e. The van der Waals surface area contributed by atoms with E-state index in [2.05, 4.69) is 25.3 Å². The maximum atomic E-state index is 13.0. The quantitative estimate of drug-likeness (QED) is 0.530. The number of nitrogens with two attached hydrogens (primary N) is 2. The van der Waals surface area contributed by atoms with Crippen molar-refractivity contribution in [2.24, 2.45) is 0 Å². The van der Waals surface area contributed by atoms with Gasteiger partial charge >= 0.3 is 0 Å². The molecule has 1 fully saturated rings. The van der Waals surface area contributed by atoms with Crippen LogP contribution in [0.2, 0.25) is 0 Å². The molecule has 1 spiro atoms. The smallest absolute Gasteiger partial charge is 0.225 e. The van der Waals surface area contributed by atoms with Gasteiger partial charge in [0, 0.05) is 31.3 Å². The number of nitrogens with one attached hydrogen (secondary N) is 1. The minimum absolute atomic E-state index is 0.00105. The van der Waals surface area contributed by atoms with E-state index < -0.39 is 5.60 Å². The van der Waals surface area contributed by atoms with Crippen molar-refractivity contribution in [1.82, 2.24) is 24.8 Å². The summed E-state index contributed by atoms with van der Waals surface area (Å²) in [5.41, 5.74) is 12.5. The Morgan fingerprint density at radius 2 is 2.09 bits per heavy atom. The predicted molar refractivity (Wildman–Crippen MR) is 118 cm³/mol. The largest absolute Gasteiger partial charge is 0.466 e. The molecule has 0 aliphatic carbocycles. The molecule has 1 atom stereocenters. The van der Waals surface area contributed by atoms with Crippen molar-refractivity contribution in [1.29, 1.82) is 0 Å². The fourth-order valence-electron chi connectivity index (χ4n) is 4.19. The third-order valence-corrected chi connectivity index (χ3v) is 5.71. The molecule has 2 aromatic heterocycles. The Bertz CT molecular complexity index is 1170. The molecule has 3 aromatic rings. The van der Waals surface area contributed by atoms with Crippen LogP contribution in [-0.2, 0) is 16.0 Å². The van der Waals surface area contributed by atoms with Crippen LogP contribution in [0.1, 0.15) is 12.0 Å². The first-order valence-electron chi connectivity index (χ1n) is 10.4. The van der Waals surface area contributed by atoms with Crippen LogP contribution in [0, 0.1) is 0 Å². The molecule has 5 N–H and O–H groups in total. The van der Waals surface area contributed by atoms with Crippen LogP contribution in [-0.4, -0.2) is 69.2 Å². The van der Waals surface area contributed by atoms with Crippen LogP contribution >= 0.6 is 0 Å². The lowest BCUT2D eigenvalue weighted by molar-refractivity contribution is -0.132. The molecule has 1 amide bonds. The number of para-hydroxylation sites is 1. The van der Waals surface area contributed by atoms with Crippen LogP contribution in [0.3, 0.4) is 0 Å². The van der Waals surface area contributed by atoms with Crippen LogP contribution < -0.4 is 21.5 Å². The van der Waals surface area contributed by atoms with Gasteiger partial charge in [0.1, 0.15) is 18.0 Å². The van der Waals surface area contributed by atoms with Gasteiger partial charge in [-0.15, -0.1) is 0 Å². The van der Waals surface area contributed by atoms with E-state index in [1.54, 1.807) is 4.90 Å². The van der Waals surface area contributed by atoms with E-state index in [1.165, 1.54) is 6.33 Å². The summed E-state index contributed by atoms with van der Waals surface area (Å²) >= 11 is 0. The van der Waals surface area contributed by atoms with Gasteiger partial charge in [-0.05, 0) is 12.1 Å². The molecule has 4 heterocycles. The van der Waals surface area contributed by atoms with Crippen LogP contribution in [0.25, 0.3) is 10.9 Å². The van der Waals surface area contributed by atoms with E-state index in [9.17, 15) is 4.79 Å². The zero-order chi connectivity index (χ0) is 22.1. The van der Waals surface area contributed by atoms with Gasteiger partial charge in [0.2, 0.25) is 17.7 Å². The predicted octanol–water partition coefficient (Wildman–Crippen LogP) is 0.619. The molecule has 32 heavy (non-hydrogen) atoms. The van der Waals surface area contributed by atoms with E-state index in [0.717, 1.165) is 10.9 Å². The van der Waals surface area contributed by atoms with Crippen molar-refractivity contribution in [2.45, 2.75) is 18.4 Å². The Labute approximate surface area is 184 Å². The number of carbonyl (C=O) groups excluding carboxylic acids is 1. The average molecular weight is 436 g/mol. The summed E-state index contributed by atoms with van der Waals surface area (Å²) in [4.78, 5) is 31.5. The summed E-state index contributed by atoms with van der Waals surface area (Å²) < 4.78 is 11.9. The van der Waals surface area contributed by atoms with Gasteiger partial charge in [-0.25, -0.2) is 9.97 Å². The number of aromatic nitrogens is 4. The first-order valence-corrected chi connectivity index (χ1v) is 10.4. The highest BCUT2D eigenvalue weighted by molar-refractivity contribution is 5.88. The average Bonchev–Trinajstić information content (AvgIpc) is 3.00. The number of hydrogen-bond acceptors (Lipinski definition) is 10. The van der Waals surface area contributed by atoms with Gasteiger partial charge in [-0.1, -0.05) is 12.1 Å². The number of amides is 1. The number of benzene rings is 1. The molecule has 2 aliphatic heterocycles. The van der Waals surface area contributed by atoms with E-state index in [-0.39, 0.29) is 11.9 Å². The molecule has 1 aromatic carbocycles. The van der Waals surface area contributed by atoms with Crippen molar-refractivity contribution in [2.75, 3.05) is 49.6 Å². The van der Waals surface area contributed by atoms with Crippen LogP contribution in [0.4, 0.5) is 17.6 Å². The Morgan fingerprint density at radius 3 is 3.00 bits per heavy atom. The van der Waals surface area contributed by atoms with E-state index in [4.69, 9.17) is 20.9 Å². The van der Waals surface area contributed by atoms with E-state index in [0.29, 0.717) is 68.8 Å². The summed E-state index contributed by atoms with van der Waals surface area (Å²) in [6.07, 6.45) is 2.28. The van der Waals surface area contributed by atoms with E-state index >= 15 is 0 Å². The van der Waals surface area contributed by atoms with Crippen LogP contribution in [0.15, 0.2) is 30.6 Å². The Kier molecular flexibility index (Phi) is 5.10. The SMILES string of the molecule is Nc1nc(N)c2c(n1)OC1(COCCN(C(=O)CCNc3ncnc4ccccc34)C1)C2.